The van der Waals surface area contributed by atoms with Crippen LogP contribution in [-0.2, 0) is 32.3 Å². The van der Waals surface area contributed by atoms with Crippen LogP contribution in [0.2, 0.25) is 5.02 Å². The molecule has 0 spiro atoms. The maximum absolute atomic E-state index is 14.1. The molecule has 2 amide bonds. The molecular formula is C32H35ClF3N3O4S. The summed E-state index contributed by atoms with van der Waals surface area (Å²) in [5, 5.41) is 2.73. The molecule has 3 aromatic carbocycles. The van der Waals surface area contributed by atoms with E-state index < -0.39 is 51.9 Å². The van der Waals surface area contributed by atoms with Crippen LogP contribution < -0.4 is 9.62 Å². The van der Waals surface area contributed by atoms with Crippen molar-refractivity contribution in [3.8, 4) is 0 Å². The number of nitrogens with one attached hydrogen (secondary N) is 1. The first-order chi connectivity index (χ1) is 20.8. The minimum atomic E-state index is -4.80. The van der Waals surface area contributed by atoms with Crippen LogP contribution in [0.1, 0.15) is 55.7 Å². The molecule has 0 radical (unpaired) electrons. The van der Waals surface area contributed by atoms with Gasteiger partial charge in [0.25, 0.3) is 10.0 Å². The molecule has 1 aliphatic carbocycles. The van der Waals surface area contributed by atoms with E-state index in [0.717, 1.165) is 55.4 Å². The minimum Gasteiger partial charge on any atom is -0.352 e. The van der Waals surface area contributed by atoms with Crippen molar-refractivity contribution in [1.29, 1.82) is 0 Å². The van der Waals surface area contributed by atoms with Crippen LogP contribution in [-0.4, -0.2) is 43.8 Å². The summed E-state index contributed by atoms with van der Waals surface area (Å²) in [6.45, 7) is 2.48. The van der Waals surface area contributed by atoms with Crippen molar-refractivity contribution >= 4 is 39.1 Å². The lowest BCUT2D eigenvalue weighted by molar-refractivity contribution is -0.139. The Morgan fingerprint density at radius 2 is 1.61 bits per heavy atom. The zero-order chi connectivity index (χ0) is 32.1. The first-order valence-electron chi connectivity index (χ1n) is 14.4. The van der Waals surface area contributed by atoms with Crippen LogP contribution in [0.5, 0.6) is 0 Å². The Kier molecular flexibility index (Phi) is 10.6. The average Bonchev–Trinajstić information content (AvgIpc) is 2.99. The molecule has 7 nitrogen and oxygen atoms in total. The summed E-state index contributed by atoms with van der Waals surface area (Å²) < 4.78 is 69.5. The molecule has 1 saturated carbocycles. The van der Waals surface area contributed by atoms with Crippen LogP contribution in [0.25, 0.3) is 0 Å². The van der Waals surface area contributed by atoms with E-state index in [1.807, 2.05) is 19.1 Å². The molecule has 44 heavy (non-hydrogen) atoms. The standard InChI is InChI=1S/C32H35ClF3N3O4S/c1-22-11-9-10-12-24(22)20-38(23(2)31(41)37-26-13-5-3-6-14-26)30(40)21-39(44(42,43)27-15-7-4-8-16-27)29-19-25(32(34,35)36)17-18-28(29)33/h4,7-12,15-19,23,26H,3,5-6,13-14,20-21H2,1-2H3,(H,37,41). The highest BCUT2D eigenvalue weighted by molar-refractivity contribution is 7.92. The Morgan fingerprint density at radius 1 is 0.977 bits per heavy atom. The lowest BCUT2D eigenvalue weighted by Crippen LogP contribution is -2.53. The van der Waals surface area contributed by atoms with E-state index in [0.29, 0.717) is 10.4 Å². The quantitative estimate of drug-likeness (QED) is 0.264. The molecule has 0 saturated heterocycles. The number of anilines is 1. The average molecular weight is 650 g/mol. The van der Waals surface area contributed by atoms with Gasteiger partial charge in [0.1, 0.15) is 12.6 Å². The van der Waals surface area contributed by atoms with Crippen molar-refractivity contribution in [1.82, 2.24) is 10.2 Å². The van der Waals surface area contributed by atoms with Gasteiger partial charge in [-0.05, 0) is 68.1 Å². The number of aryl methyl sites for hydroxylation is 1. The van der Waals surface area contributed by atoms with Gasteiger partial charge >= 0.3 is 6.18 Å². The molecule has 1 aliphatic rings. The Morgan fingerprint density at radius 3 is 2.25 bits per heavy atom. The van der Waals surface area contributed by atoms with Gasteiger partial charge < -0.3 is 10.2 Å². The highest BCUT2D eigenvalue weighted by Gasteiger charge is 2.36. The van der Waals surface area contributed by atoms with E-state index in [2.05, 4.69) is 5.32 Å². The van der Waals surface area contributed by atoms with E-state index in [-0.39, 0.29) is 22.5 Å². The molecule has 4 rings (SSSR count). The molecule has 236 valence electrons. The molecule has 1 N–H and O–H groups in total. The molecule has 1 unspecified atom stereocenters. The van der Waals surface area contributed by atoms with Crippen molar-refractivity contribution in [3.63, 3.8) is 0 Å². The van der Waals surface area contributed by atoms with Gasteiger partial charge in [0.2, 0.25) is 11.8 Å². The Hall–Kier alpha value is -3.57. The van der Waals surface area contributed by atoms with E-state index in [9.17, 15) is 31.2 Å². The number of carbonyl (C=O) groups is 2. The van der Waals surface area contributed by atoms with Crippen LogP contribution in [0, 0.1) is 6.92 Å². The predicted octanol–water partition coefficient (Wildman–Crippen LogP) is 6.73. The third kappa shape index (κ3) is 7.92. The summed E-state index contributed by atoms with van der Waals surface area (Å²) in [6.07, 6.45) is -0.106. The molecule has 12 heteroatoms. The van der Waals surface area contributed by atoms with Crippen molar-refractivity contribution < 1.29 is 31.2 Å². The van der Waals surface area contributed by atoms with Crippen molar-refractivity contribution in [2.75, 3.05) is 10.8 Å². The summed E-state index contributed by atoms with van der Waals surface area (Å²) in [4.78, 5) is 28.6. The number of halogens is 4. The fraction of sp³-hybridized carbons (Fsp3) is 0.375. The first-order valence-corrected chi connectivity index (χ1v) is 16.2. The number of benzene rings is 3. The SMILES string of the molecule is Cc1ccccc1CN(C(=O)CN(c1cc(C(F)(F)F)ccc1Cl)S(=O)(=O)c1ccccc1)C(C)C(=O)NC1CCCCC1. The van der Waals surface area contributed by atoms with Crippen LogP contribution in [0.3, 0.4) is 0 Å². The van der Waals surface area contributed by atoms with Crippen molar-refractivity contribution in [3.05, 3.63) is 94.5 Å². The van der Waals surface area contributed by atoms with E-state index in [1.54, 1.807) is 25.1 Å². The van der Waals surface area contributed by atoms with Crippen LogP contribution in [0.4, 0.5) is 18.9 Å². The van der Waals surface area contributed by atoms with Crippen molar-refractivity contribution in [2.45, 2.75) is 75.7 Å². The fourth-order valence-electron chi connectivity index (χ4n) is 5.24. The zero-order valence-corrected chi connectivity index (χ0v) is 26.1. The number of nitrogens with zero attached hydrogens (tertiary/aromatic N) is 2. The van der Waals surface area contributed by atoms with Gasteiger partial charge in [-0.3, -0.25) is 13.9 Å². The van der Waals surface area contributed by atoms with Gasteiger partial charge in [-0.25, -0.2) is 8.42 Å². The van der Waals surface area contributed by atoms with Gasteiger partial charge in [-0.15, -0.1) is 0 Å². The fourth-order valence-corrected chi connectivity index (χ4v) is 6.95. The lowest BCUT2D eigenvalue weighted by Gasteiger charge is -2.33. The van der Waals surface area contributed by atoms with E-state index >= 15 is 0 Å². The Bertz CT molecular complexity index is 1580. The predicted molar refractivity (Wildman–Crippen MR) is 164 cm³/mol. The number of sulfonamides is 1. The van der Waals surface area contributed by atoms with Crippen molar-refractivity contribution in [2.24, 2.45) is 0 Å². The lowest BCUT2D eigenvalue weighted by atomic mass is 9.95. The number of amides is 2. The molecule has 0 aliphatic heterocycles. The topological polar surface area (TPSA) is 86.8 Å². The monoisotopic (exact) mass is 649 g/mol. The van der Waals surface area contributed by atoms with Gasteiger partial charge in [0.05, 0.1) is 21.2 Å². The normalized spacial score (nSPS) is 15.0. The summed E-state index contributed by atoms with van der Waals surface area (Å²) in [6, 6.07) is 15.6. The van der Waals surface area contributed by atoms with E-state index in [4.69, 9.17) is 11.6 Å². The molecular weight excluding hydrogens is 615 g/mol. The summed E-state index contributed by atoms with van der Waals surface area (Å²) in [5.74, 6) is -1.18. The van der Waals surface area contributed by atoms with Crippen LogP contribution in [0.15, 0.2) is 77.7 Å². The smallest absolute Gasteiger partial charge is 0.352 e. The third-order valence-corrected chi connectivity index (χ3v) is 9.97. The number of alkyl halides is 3. The number of hydrogen-bond acceptors (Lipinski definition) is 4. The summed E-state index contributed by atoms with van der Waals surface area (Å²) in [7, 11) is -4.58. The van der Waals surface area contributed by atoms with Gasteiger partial charge in [0.15, 0.2) is 0 Å². The van der Waals surface area contributed by atoms with Gasteiger partial charge in [-0.2, -0.15) is 13.2 Å². The Balaban J connectivity index is 1.75. The highest BCUT2D eigenvalue weighted by Crippen LogP contribution is 2.37. The molecule has 3 aromatic rings. The largest absolute Gasteiger partial charge is 0.416 e. The van der Waals surface area contributed by atoms with Gasteiger partial charge in [-0.1, -0.05) is 73.3 Å². The van der Waals surface area contributed by atoms with Gasteiger partial charge in [0, 0.05) is 12.6 Å². The minimum absolute atomic E-state index is 0.0275. The second kappa shape index (κ2) is 14.0. The van der Waals surface area contributed by atoms with E-state index in [1.165, 1.54) is 29.2 Å². The molecule has 0 aromatic heterocycles. The Labute approximate surface area is 261 Å². The molecule has 0 heterocycles. The maximum atomic E-state index is 14.1. The summed E-state index contributed by atoms with van der Waals surface area (Å²) in [5.41, 5.74) is -0.0592. The third-order valence-electron chi connectivity index (χ3n) is 7.87. The second-order valence-electron chi connectivity index (χ2n) is 11.0. The number of hydrogen-bond donors (Lipinski definition) is 1. The second-order valence-corrected chi connectivity index (χ2v) is 13.2. The molecule has 0 bridgehead atoms. The number of carbonyl (C=O) groups excluding carboxylic acids is 2. The highest BCUT2D eigenvalue weighted by atomic mass is 35.5. The number of rotatable bonds is 10. The van der Waals surface area contributed by atoms with Crippen LogP contribution >= 0.6 is 11.6 Å². The zero-order valence-electron chi connectivity index (χ0n) is 24.5. The maximum Gasteiger partial charge on any atom is 0.416 e. The first kappa shape index (κ1) is 33.3. The summed E-state index contributed by atoms with van der Waals surface area (Å²) >= 11 is 6.31. The molecule has 1 fully saturated rings. The molecule has 1 atom stereocenters.